The van der Waals surface area contributed by atoms with E-state index in [0.29, 0.717) is 0 Å². The third kappa shape index (κ3) is 2.83. The van der Waals surface area contributed by atoms with Gasteiger partial charge in [-0.3, -0.25) is 0 Å². The molecule has 16 heavy (non-hydrogen) atoms. The molecule has 3 heteroatoms. The maximum absolute atomic E-state index is 4.69. The van der Waals surface area contributed by atoms with Gasteiger partial charge in [0.2, 0.25) is 0 Å². The molecule has 2 rings (SSSR count). The van der Waals surface area contributed by atoms with Gasteiger partial charge in [0.15, 0.2) is 0 Å². The summed E-state index contributed by atoms with van der Waals surface area (Å²) in [6.07, 6.45) is 2.66. The molecule has 1 N–H and O–H groups in total. The molecule has 0 spiro atoms. The lowest BCUT2D eigenvalue weighted by Gasteiger charge is -2.33. The zero-order valence-corrected chi connectivity index (χ0v) is 11.5. The number of hydrogen-bond acceptors (Lipinski definition) is 3. The zero-order chi connectivity index (χ0) is 11.8. The number of nitrogens with one attached hydrogen (secondary N) is 1. The first kappa shape index (κ1) is 12.1. The molecule has 0 aliphatic heterocycles. The van der Waals surface area contributed by atoms with Crippen molar-refractivity contribution in [2.45, 2.75) is 58.5 Å². The Bertz CT molecular complexity index is 345. The number of rotatable bonds is 3. The fraction of sp³-hybridized carbons (Fsp3) is 0.769. The molecular formula is C13H22N2S. The Morgan fingerprint density at radius 3 is 2.62 bits per heavy atom. The van der Waals surface area contributed by atoms with E-state index in [1.54, 1.807) is 11.3 Å². The monoisotopic (exact) mass is 238 g/mol. The molecule has 1 heterocycles. The highest BCUT2D eigenvalue weighted by Gasteiger charge is 2.25. The Kier molecular flexibility index (Phi) is 3.36. The molecule has 1 aromatic rings. The van der Waals surface area contributed by atoms with Gasteiger partial charge in [-0.1, -0.05) is 27.7 Å². The van der Waals surface area contributed by atoms with Crippen molar-refractivity contribution in [1.29, 1.82) is 0 Å². The Morgan fingerprint density at radius 1 is 1.44 bits per heavy atom. The topological polar surface area (TPSA) is 24.9 Å². The largest absolute Gasteiger partial charge is 0.308 e. The summed E-state index contributed by atoms with van der Waals surface area (Å²) in [6, 6.07) is 0.731. The van der Waals surface area contributed by atoms with Gasteiger partial charge in [-0.2, -0.15) is 0 Å². The lowest BCUT2D eigenvalue weighted by Crippen LogP contribution is -2.39. The molecule has 0 saturated heterocycles. The van der Waals surface area contributed by atoms with Crippen molar-refractivity contribution in [3.05, 3.63) is 16.1 Å². The lowest BCUT2D eigenvalue weighted by atomic mass is 9.82. The van der Waals surface area contributed by atoms with Gasteiger partial charge < -0.3 is 5.32 Å². The molecule has 1 fully saturated rings. The summed E-state index contributed by atoms with van der Waals surface area (Å²) in [5.41, 5.74) is 1.39. The molecule has 0 radical (unpaired) electrons. The minimum absolute atomic E-state index is 0.188. The molecule has 1 saturated carbocycles. The van der Waals surface area contributed by atoms with E-state index >= 15 is 0 Å². The zero-order valence-electron chi connectivity index (χ0n) is 10.7. The van der Waals surface area contributed by atoms with E-state index in [9.17, 15) is 0 Å². The summed E-state index contributed by atoms with van der Waals surface area (Å²) in [7, 11) is 0. The van der Waals surface area contributed by atoms with Crippen LogP contribution in [0.5, 0.6) is 0 Å². The van der Waals surface area contributed by atoms with Crippen LogP contribution in [0.2, 0.25) is 0 Å². The van der Waals surface area contributed by atoms with Gasteiger partial charge >= 0.3 is 0 Å². The lowest BCUT2D eigenvalue weighted by molar-refractivity contribution is 0.240. The van der Waals surface area contributed by atoms with E-state index in [1.807, 2.05) is 0 Å². The number of thiazole rings is 1. The molecular weight excluding hydrogens is 216 g/mol. The minimum atomic E-state index is 0.188. The van der Waals surface area contributed by atoms with Gasteiger partial charge in [0.25, 0.3) is 0 Å². The molecule has 90 valence electrons. The quantitative estimate of drug-likeness (QED) is 0.873. The van der Waals surface area contributed by atoms with E-state index in [-0.39, 0.29) is 5.41 Å². The summed E-state index contributed by atoms with van der Waals surface area (Å²) in [4.78, 5) is 4.69. The van der Waals surface area contributed by atoms with Crippen molar-refractivity contribution in [2.24, 2.45) is 5.92 Å². The third-order valence-electron chi connectivity index (χ3n) is 3.14. The molecule has 0 bridgehead atoms. The fourth-order valence-corrected chi connectivity index (χ4v) is 2.96. The van der Waals surface area contributed by atoms with Crippen LogP contribution < -0.4 is 5.32 Å². The van der Waals surface area contributed by atoms with Crippen molar-refractivity contribution >= 4 is 11.3 Å². The Balaban J connectivity index is 1.84. The predicted molar refractivity (Wildman–Crippen MR) is 69.8 cm³/mol. The summed E-state index contributed by atoms with van der Waals surface area (Å²) in [5, 5.41) is 7.01. The fourth-order valence-electron chi connectivity index (χ4n) is 2.05. The van der Waals surface area contributed by atoms with Crippen LogP contribution >= 0.6 is 11.3 Å². The summed E-state index contributed by atoms with van der Waals surface area (Å²) >= 11 is 1.78. The second kappa shape index (κ2) is 4.46. The number of hydrogen-bond donors (Lipinski definition) is 1. The first-order chi connectivity index (χ1) is 7.45. The third-order valence-corrected chi connectivity index (χ3v) is 4.46. The van der Waals surface area contributed by atoms with Gasteiger partial charge in [-0.15, -0.1) is 11.3 Å². The maximum Gasteiger partial charge on any atom is 0.0982 e. The number of aromatic nitrogens is 1. The molecule has 1 aliphatic rings. The van der Waals surface area contributed by atoms with E-state index in [2.05, 4.69) is 43.4 Å². The Labute approximate surface area is 102 Å². The second-order valence-electron chi connectivity index (χ2n) is 6.05. The second-order valence-corrected chi connectivity index (χ2v) is 6.91. The van der Waals surface area contributed by atoms with E-state index in [4.69, 9.17) is 0 Å². The van der Waals surface area contributed by atoms with Crippen molar-refractivity contribution in [2.75, 3.05) is 0 Å². The molecule has 0 atom stereocenters. The van der Waals surface area contributed by atoms with Crippen LogP contribution in [-0.2, 0) is 12.0 Å². The molecule has 0 aromatic carbocycles. The van der Waals surface area contributed by atoms with Crippen LogP contribution in [0.25, 0.3) is 0 Å². The highest BCUT2D eigenvalue weighted by Crippen LogP contribution is 2.28. The van der Waals surface area contributed by atoms with Crippen molar-refractivity contribution in [3.8, 4) is 0 Å². The van der Waals surface area contributed by atoms with Gasteiger partial charge in [0, 0.05) is 23.4 Å². The van der Waals surface area contributed by atoms with Gasteiger partial charge in [-0.25, -0.2) is 4.98 Å². The van der Waals surface area contributed by atoms with Gasteiger partial charge in [-0.05, 0) is 18.8 Å². The van der Waals surface area contributed by atoms with E-state index in [1.165, 1.54) is 23.5 Å². The van der Waals surface area contributed by atoms with Crippen LogP contribution in [-0.4, -0.2) is 11.0 Å². The molecule has 1 aliphatic carbocycles. The Hall–Kier alpha value is -0.410. The van der Waals surface area contributed by atoms with Crippen LogP contribution in [0.1, 0.15) is 51.2 Å². The van der Waals surface area contributed by atoms with Crippen LogP contribution in [0.4, 0.5) is 0 Å². The van der Waals surface area contributed by atoms with Crippen molar-refractivity contribution in [1.82, 2.24) is 10.3 Å². The van der Waals surface area contributed by atoms with Crippen LogP contribution in [0, 0.1) is 5.92 Å². The first-order valence-corrected chi connectivity index (χ1v) is 7.01. The van der Waals surface area contributed by atoms with Crippen molar-refractivity contribution in [3.63, 3.8) is 0 Å². The van der Waals surface area contributed by atoms with Crippen molar-refractivity contribution < 1.29 is 0 Å². The molecule has 0 unspecified atom stereocenters. The van der Waals surface area contributed by atoms with Crippen LogP contribution in [0.3, 0.4) is 0 Å². The maximum atomic E-state index is 4.69. The van der Waals surface area contributed by atoms with Crippen LogP contribution in [0.15, 0.2) is 5.38 Å². The highest BCUT2D eigenvalue weighted by atomic mass is 32.1. The minimum Gasteiger partial charge on any atom is -0.308 e. The molecule has 1 aromatic heterocycles. The average molecular weight is 238 g/mol. The summed E-state index contributed by atoms with van der Waals surface area (Å²) < 4.78 is 0. The Morgan fingerprint density at radius 2 is 2.12 bits per heavy atom. The standard InChI is InChI=1S/C13H22N2S/c1-9-5-10(6-9)14-7-11-8-16-12(15-11)13(2,3)4/h8-10,14H,5-7H2,1-4H3. The average Bonchev–Trinajstić information content (AvgIpc) is 2.58. The smallest absolute Gasteiger partial charge is 0.0982 e. The highest BCUT2D eigenvalue weighted by molar-refractivity contribution is 7.09. The normalized spacial score (nSPS) is 25.5. The molecule has 0 amide bonds. The first-order valence-electron chi connectivity index (χ1n) is 6.13. The summed E-state index contributed by atoms with van der Waals surface area (Å²) in [5.74, 6) is 0.915. The van der Waals surface area contributed by atoms with E-state index < -0.39 is 0 Å². The predicted octanol–water partition coefficient (Wildman–Crippen LogP) is 3.33. The molecule has 2 nitrogen and oxygen atoms in total. The number of nitrogens with zero attached hydrogens (tertiary/aromatic N) is 1. The van der Waals surface area contributed by atoms with Gasteiger partial charge in [0.1, 0.15) is 0 Å². The SMILES string of the molecule is CC1CC(NCc2csc(C(C)(C)C)n2)C1. The van der Waals surface area contributed by atoms with E-state index in [0.717, 1.165) is 18.5 Å². The summed E-state index contributed by atoms with van der Waals surface area (Å²) in [6.45, 7) is 9.91. The van der Waals surface area contributed by atoms with Gasteiger partial charge in [0.05, 0.1) is 10.7 Å².